The van der Waals surface area contributed by atoms with Crippen LogP contribution in [0.5, 0.6) is 0 Å². The van der Waals surface area contributed by atoms with Crippen molar-refractivity contribution in [3.05, 3.63) is 35.9 Å². The second kappa shape index (κ2) is 5.76. The normalized spacial score (nSPS) is 22.0. The quantitative estimate of drug-likeness (QED) is 0.647. The van der Waals surface area contributed by atoms with Crippen molar-refractivity contribution in [2.24, 2.45) is 10.2 Å². The van der Waals surface area contributed by atoms with Crippen molar-refractivity contribution in [1.82, 2.24) is 10.4 Å². The van der Waals surface area contributed by atoms with Gasteiger partial charge in [-0.1, -0.05) is 30.3 Å². The van der Waals surface area contributed by atoms with Crippen LogP contribution in [0.1, 0.15) is 18.9 Å². The standard InChI is InChI=1S/C13H13F3N4O2/c1-9-7-12(22,13(14,15)16)20(19-9)11(21)18-17-8-10-5-3-2-4-6-10/h2-6,8,22H,7H2,1H3,(H,18,21)/b17-8+. The number of carbonyl (C=O) groups is 1. The molecule has 118 valence electrons. The fourth-order valence-corrected chi connectivity index (χ4v) is 1.90. The van der Waals surface area contributed by atoms with E-state index >= 15 is 0 Å². The number of benzene rings is 1. The summed E-state index contributed by atoms with van der Waals surface area (Å²) in [6.07, 6.45) is -4.57. The average Bonchev–Trinajstić information content (AvgIpc) is 2.76. The van der Waals surface area contributed by atoms with Gasteiger partial charge in [0.15, 0.2) is 0 Å². The van der Waals surface area contributed by atoms with E-state index in [2.05, 4.69) is 10.2 Å². The summed E-state index contributed by atoms with van der Waals surface area (Å²) in [4.78, 5) is 11.8. The average molecular weight is 314 g/mol. The molecule has 1 aromatic carbocycles. The summed E-state index contributed by atoms with van der Waals surface area (Å²) in [5.74, 6) is 0. The fraction of sp³-hybridized carbons (Fsp3) is 0.308. The predicted octanol–water partition coefficient (Wildman–Crippen LogP) is 2.06. The van der Waals surface area contributed by atoms with Crippen molar-refractivity contribution in [2.75, 3.05) is 0 Å². The highest BCUT2D eigenvalue weighted by Gasteiger charge is 2.62. The highest BCUT2D eigenvalue weighted by molar-refractivity contribution is 5.89. The number of rotatable bonds is 2. The summed E-state index contributed by atoms with van der Waals surface area (Å²) in [6.45, 7) is 1.29. The molecule has 0 spiro atoms. The molecule has 1 heterocycles. The molecular weight excluding hydrogens is 301 g/mol. The Labute approximate surface area is 123 Å². The molecule has 2 N–H and O–H groups in total. The molecule has 1 aliphatic rings. The zero-order valence-corrected chi connectivity index (χ0v) is 11.5. The number of alkyl halides is 3. The van der Waals surface area contributed by atoms with Gasteiger partial charge < -0.3 is 5.11 Å². The number of urea groups is 1. The van der Waals surface area contributed by atoms with Crippen molar-refractivity contribution in [3.8, 4) is 0 Å². The molecule has 0 bridgehead atoms. The maximum atomic E-state index is 12.9. The fourth-order valence-electron chi connectivity index (χ4n) is 1.90. The first-order chi connectivity index (χ1) is 10.2. The van der Waals surface area contributed by atoms with E-state index in [9.17, 15) is 23.1 Å². The van der Waals surface area contributed by atoms with Gasteiger partial charge in [-0.3, -0.25) is 0 Å². The SMILES string of the molecule is CC1=NN(C(=O)N/N=C/c2ccccc2)C(O)(C(F)(F)F)C1. The Balaban J connectivity index is 2.09. The first-order valence-corrected chi connectivity index (χ1v) is 6.25. The van der Waals surface area contributed by atoms with Gasteiger partial charge >= 0.3 is 12.2 Å². The highest BCUT2D eigenvalue weighted by atomic mass is 19.4. The summed E-state index contributed by atoms with van der Waals surface area (Å²) in [5, 5.41) is 16.7. The third-order valence-electron chi connectivity index (χ3n) is 2.94. The van der Waals surface area contributed by atoms with Crippen LogP contribution < -0.4 is 5.43 Å². The van der Waals surface area contributed by atoms with E-state index in [1.54, 1.807) is 30.3 Å². The number of hydrogen-bond acceptors (Lipinski definition) is 4. The maximum absolute atomic E-state index is 12.9. The molecule has 1 unspecified atom stereocenters. The smallest absolute Gasteiger partial charge is 0.362 e. The number of hydrazone groups is 2. The minimum Gasteiger partial charge on any atom is -0.362 e. The molecule has 1 aliphatic heterocycles. The van der Waals surface area contributed by atoms with Crippen LogP contribution in [0.25, 0.3) is 0 Å². The second-order valence-electron chi connectivity index (χ2n) is 4.72. The summed E-state index contributed by atoms with van der Waals surface area (Å²) in [7, 11) is 0. The summed E-state index contributed by atoms with van der Waals surface area (Å²) >= 11 is 0. The molecule has 0 radical (unpaired) electrons. The molecule has 1 aromatic rings. The number of nitrogens with one attached hydrogen (secondary N) is 1. The van der Waals surface area contributed by atoms with E-state index in [0.29, 0.717) is 5.56 Å². The summed E-state index contributed by atoms with van der Waals surface area (Å²) in [6, 6.07) is 7.36. The molecule has 9 heteroatoms. The van der Waals surface area contributed by atoms with Gasteiger partial charge in [0.05, 0.1) is 6.21 Å². The number of carbonyl (C=O) groups excluding carboxylic acids is 1. The lowest BCUT2D eigenvalue weighted by molar-refractivity contribution is -0.297. The number of nitrogens with zero attached hydrogens (tertiary/aromatic N) is 3. The Bertz CT molecular complexity index is 615. The third kappa shape index (κ3) is 3.08. The van der Waals surface area contributed by atoms with Crippen molar-refractivity contribution in [1.29, 1.82) is 0 Å². The Kier molecular flexibility index (Phi) is 4.18. The highest BCUT2D eigenvalue weighted by Crippen LogP contribution is 2.39. The van der Waals surface area contributed by atoms with E-state index in [1.807, 2.05) is 5.43 Å². The monoisotopic (exact) mass is 314 g/mol. The lowest BCUT2D eigenvalue weighted by atomic mass is 10.1. The van der Waals surface area contributed by atoms with Gasteiger partial charge in [0.1, 0.15) is 0 Å². The van der Waals surface area contributed by atoms with Crippen molar-refractivity contribution < 1.29 is 23.1 Å². The van der Waals surface area contributed by atoms with Crippen molar-refractivity contribution in [3.63, 3.8) is 0 Å². The van der Waals surface area contributed by atoms with Crippen LogP contribution in [0.2, 0.25) is 0 Å². The van der Waals surface area contributed by atoms with E-state index in [-0.39, 0.29) is 10.7 Å². The van der Waals surface area contributed by atoms with Gasteiger partial charge in [0.25, 0.3) is 5.72 Å². The van der Waals surface area contributed by atoms with E-state index in [4.69, 9.17) is 0 Å². The molecule has 0 fully saturated rings. The number of amides is 2. The molecule has 22 heavy (non-hydrogen) atoms. The van der Waals surface area contributed by atoms with Gasteiger partial charge in [0.2, 0.25) is 0 Å². The van der Waals surface area contributed by atoms with Gasteiger partial charge in [-0.25, -0.2) is 10.2 Å². The molecule has 0 aliphatic carbocycles. The van der Waals surface area contributed by atoms with Gasteiger partial charge in [-0.15, -0.1) is 0 Å². The molecule has 0 saturated carbocycles. The molecular formula is C13H13F3N4O2. The first kappa shape index (κ1) is 16.0. The van der Waals surface area contributed by atoms with Gasteiger partial charge in [-0.2, -0.15) is 28.4 Å². The Morgan fingerprint density at radius 3 is 2.68 bits per heavy atom. The largest absolute Gasteiger partial charge is 0.438 e. The number of aliphatic hydroxyl groups is 1. The predicted molar refractivity (Wildman–Crippen MR) is 73.1 cm³/mol. The van der Waals surface area contributed by atoms with E-state index < -0.39 is 24.4 Å². The molecule has 0 saturated heterocycles. The minimum absolute atomic E-state index is 0.0120. The van der Waals surface area contributed by atoms with E-state index in [0.717, 1.165) is 0 Å². The molecule has 2 amide bonds. The molecule has 2 rings (SSSR count). The second-order valence-corrected chi connectivity index (χ2v) is 4.72. The molecule has 0 aromatic heterocycles. The maximum Gasteiger partial charge on any atom is 0.438 e. The molecule has 1 atom stereocenters. The van der Waals surface area contributed by atoms with Crippen LogP contribution in [-0.2, 0) is 0 Å². The zero-order valence-electron chi connectivity index (χ0n) is 11.5. The zero-order chi connectivity index (χ0) is 16.4. The first-order valence-electron chi connectivity index (χ1n) is 6.25. The Hall–Kier alpha value is -2.42. The number of hydrogen-bond donors (Lipinski definition) is 2. The third-order valence-corrected chi connectivity index (χ3v) is 2.94. The van der Waals surface area contributed by atoms with Gasteiger partial charge in [0, 0.05) is 12.1 Å². The minimum atomic E-state index is -5.03. The lowest BCUT2D eigenvalue weighted by Crippen LogP contribution is -2.58. The van der Waals surface area contributed by atoms with Gasteiger partial charge in [-0.05, 0) is 12.5 Å². The van der Waals surface area contributed by atoms with Crippen LogP contribution in [-0.4, -0.2) is 40.0 Å². The lowest BCUT2D eigenvalue weighted by Gasteiger charge is -2.31. The van der Waals surface area contributed by atoms with Crippen LogP contribution >= 0.6 is 0 Å². The van der Waals surface area contributed by atoms with Crippen LogP contribution in [0.4, 0.5) is 18.0 Å². The Morgan fingerprint density at radius 1 is 1.45 bits per heavy atom. The van der Waals surface area contributed by atoms with Crippen molar-refractivity contribution >= 4 is 18.0 Å². The topological polar surface area (TPSA) is 77.3 Å². The molecule has 6 nitrogen and oxygen atoms in total. The summed E-state index contributed by atoms with van der Waals surface area (Å²) in [5.41, 5.74) is -0.811. The Morgan fingerprint density at radius 2 is 2.09 bits per heavy atom. The summed E-state index contributed by atoms with van der Waals surface area (Å²) < 4.78 is 38.8. The number of halogens is 3. The van der Waals surface area contributed by atoms with Crippen LogP contribution in [0, 0.1) is 0 Å². The van der Waals surface area contributed by atoms with Crippen LogP contribution in [0.15, 0.2) is 40.5 Å². The van der Waals surface area contributed by atoms with Crippen molar-refractivity contribution in [2.45, 2.75) is 25.2 Å². The van der Waals surface area contributed by atoms with E-state index in [1.165, 1.54) is 13.1 Å². The van der Waals surface area contributed by atoms with Crippen LogP contribution in [0.3, 0.4) is 0 Å².